The van der Waals surface area contributed by atoms with E-state index in [9.17, 15) is 0 Å². The first-order chi connectivity index (χ1) is 8.26. The molecule has 0 aliphatic carbocycles. The van der Waals surface area contributed by atoms with Gasteiger partial charge in [-0.2, -0.15) is 5.26 Å². The van der Waals surface area contributed by atoms with Crippen LogP contribution in [0.3, 0.4) is 0 Å². The molecule has 0 amide bonds. The molecule has 0 unspecified atom stereocenters. The number of benzene rings is 1. The lowest BCUT2D eigenvalue weighted by molar-refractivity contribution is 1.22. The minimum absolute atomic E-state index is 0.672. The van der Waals surface area contributed by atoms with E-state index in [1.54, 1.807) is 11.3 Å². The van der Waals surface area contributed by atoms with E-state index in [0.29, 0.717) is 5.56 Å². The van der Waals surface area contributed by atoms with Crippen LogP contribution in [0.15, 0.2) is 36.7 Å². The van der Waals surface area contributed by atoms with Crippen molar-refractivity contribution in [2.75, 3.05) is 0 Å². The van der Waals surface area contributed by atoms with E-state index in [0.717, 1.165) is 16.2 Å². The summed E-state index contributed by atoms with van der Waals surface area (Å²) in [5, 5.41) is 8.74. The van der Waals surface area contributed by atoms with Gasteiger partial charge in [0.1, 0.15) is 0 Å². The van der Waals surface area contributed by atoms with Crippen LogP contribution in [0.2, 0.25) is 0 Å². The molecule has 0 atom stereocenters. The van der Waals surface area contributed by atoms with Crippen LogP contribution in [0.5, 0.6) is 0 Å². The molecule has 3 rings (SSSR count). The molecule has 0 bridgehead atoms. The number of rotatable bonds is 1. The van der Waals surface area contributed by atoms with Gasteiger partial charge in [0.2, 0.25) is 0 Å². The number of nitrogens with zero attached hydrogens (tertiary/aromatic N) is 3. The molecule has 0 spiro atoms. The molecule has 3 aromatic rings. The maximum Gasteiger partial charge on any atom is 0.194 e. The summed E-state index contributed by atoms with van der Waals surface area (Å²) in [5.41, 5.74) is 2.66. The van der Waals surface area contributed by atoms with Crippen LogP contribution in [0, 0.1) is 18.3 Å². The van der Waals surface area contributed by atoms with E-state index in [4.69, 9.17) is 5.26 Å². The lowest BCUT2D eigenvalue weighted by Gasteiger charge is -1.95. The summed E-state index contributed by atoms with van der Waals surface area (Å²) in [6.07, 6.45) is 4.08. The molecule has 3 nitrogen and oxygen atoms in total. The Bertz CT molecular complexity index is 682. The predicted octanol–water partition coefficient (Wildman–Crippen LogP) is 3.24. The second-order valence-electron chi connectivity index (χ2n) is 3.85. The smallest absolute Gasteiger partial charge is 0.194 e. The van der Waals surface area contributed by atoms with E-state index >= 15 is 0 Å². The highest BCUT2D eigenvalue weighted by atomic mass is 32.1. The number of aromatic nitrogens is 2. The molecule has 0 saturated carbocycles. The zero-order chi connectivity index (χ0) is 11.8. The first-order valence-electron chi connectivity index (χ1n) is 5.22. The van der Waals surface area contributed by atoms with Crippen LogP contribution in [0.1, 0.15) is 10.4 Å². The van der Waals surface area contributed by atoms with Gasteiger partial charge in [-0.25, -0.2) is 4.98 Å². The van der Waals surface area contributed by atoms with Crippen molar-refractivity contribution in [2.24, 2.45) is 0 Å². The molecule has 2 heterocycles. The fourth-order valence-electron chi connectivity index (χ4n) is 1.77. The quantitative estimate of drug-likeness (QED) is 0.654. The zero-order valence-electron chi connectivity index (χ0n) is 9.21. The Kier molecular flexibility index (Phi) is 2.20. The normalized spacial score (nSPS) is 10.6. The molecule has 82 valence electrons. The third-order valence-corrected chi connectivity index (χ3v) is 3.49. The van der Waals surface area contributed by atoms with Gasteiger partial charge in [0.15, 0.2) is 4.96 Å². The molecule has 0 N–H and O–H groups in total. The van der Waals surface area contributed by atoms with Crippen molar-refractivity contribution in [3.63, 3.8) is 0 Å². The van der Waals surface area contributed by atoms with Gasteiger partial charge < -0.3 is 0 Å². The molecular formula is C13H9N3S. The van der Waals surface area contributed by atoms with Gasteiger partial charge in [0.25, 0.3) is 0 Å². The van der Waals surface area contributed by atoms with Crippen molar-refractivity contribution < 1.29 is 0 Å². The van der Waals surface area contributed by atoms with Gasteiger partial charge in [-0.1, -0.05) is 12.1 Å². The lowest BCUT2D eigenvalue weighted by atomic mass is 10.1. The van der Waals surface area contributed by atoms with Crippen LogP contribution in [0.4, 0.5) is 0 Å². The van der Waals surface area contributed by atoms with Crippen molar-refractivity contribution in [3.05, 3.63) is 47.1 Å². The van der Waals surface area contributed by atoms with Gasteiger partial charge >= 0.3 is 0 Å². The monoisotopic (exact) mass is 239 g/mol. The fraction of sp³-hybridized carbons (Fsp3) is 0.0769. The Morgan fingerprint density at radius 3 is 2.65 bits per heavy atom. The summed E-state index contributed by atoms with van der Waals surface area (Å²) in [7, 11) is 0. The number of aryl methyl sites for hydroxylation is 1. The first kappa shape index (κ1) is 10.1. The van der Waals surface area contributed by atoms with E-state index in [1.807, 2.05) is 34.9 Å². The van der Waals surface area contributed by atoms with E-state index in [1.165, 1.54) is 4.88 Å². The zero-order valence-corrected chi connectivity index (χ0v) is 10.0. The van der Waals surface area contributed by atoms with Crippen molar-refractivity contribution in [1.82, 2.24) is 9.38 Å². The summed E-state index contributed by atoms with van der Waals surface area (Å²) in [6, 6.07) is 9.60. The summed E-state index contributed by atoms with van der Waals surface area (Å²) in [5.74, 6) is 0. The number of thiazole rings is 1. The predicted molar refractivity (Wildman–Crippen MR) is 68.0 cm³/mol. The van der Waals surface area contributed by atoms with Crippen molar-refractivity contribution in [3.8, 4) is 17.3 Å². The standard InChI is InChI=1S/C13H9N3S/c1-9-7-16-8-12(15-13(16)17-9)11-4-2-10(6-14)3-5-11/h2-5,7-8H,1H3. The Labute approximate surface area is 103 Å². The molecule has 17 heavy (non-hydrogen) atoms. The Morgan fingerprint density at radius 1 is 1.24 bits per heavy atom. The minimum atomic E-state index is 0.672. The van der Waals surface area contributed by atoms with Crippen molar-refractivity contribution in [2.45, 2.75) is 6.92 Å². The van der Waals surface area contributed by atoms with E-state index in [-0.39, 0.29) is 0 Å². The second kappa shape index (κ2) is 3.72. The average Bonchev–Trinajstić information content (AvgIpc) is 2.86. The fourth-order valence-corrected chi connectivity index (χ4v) is 2.57. The molecule has 0 saturated heterocycles. The summed E-state index contributed by atoms with van der Waals surface area (Å²) < 4.78 is 2.04. The molecular weight excluding hydrogens is 230 g/mol. The van der Waals surface area contributed by atoms with Crippen LogP contribution < -0.4 is 0 Å². The summed E-state index contributed by atoms with van der Waals surface area (Å²) in [6.45, 7) is 2.07. The maximum absolute atomic E-state index is 8.74. The lowest BCUT2D eigenvalue weighted by Crippen LogP contribution is -1.78. The summed E-state index contributed by atoms with van der Waals surface area (Å²) in [4.78, 5) is 6.81. The summed E-state index contributed by atoms with van der Waals surface area (Å²) >= 11 is 1.67. The van der Waals surface area contributed by atoms with Crippen molar-refractivity contribution in [1.29, 1.82) is 5.26 Å². The Morgan fingerprint density at radius 2 is 2.00 bits per heavy atom. The highest BCUT2D eigenvalue weighted by Gasteiger charge is 2.06. The van der Waals surface area contributed by atoms with Gasteiger partial charge in [-0.3, -0.25) is 4.40 Å². The highest BCUT2D eigenvalue weighted by Crippen LogP contribution is 2.23. The third-order valence-electron chi connectivity index (χ3n) is 2.58. The van der Waals surface area contributed by atoms with Crippen molar-refractivity contribution >= 4 is 16.3 Å². The van der Waals surface area contributed by atoms with Gasteiger partial charge in [-0.15, -0.1) is 11.3 Å². The van der Waals surface area contributed by atoms with Crippen LogP contribution in [-0.2, 0) is 0 Å². The molecule has 2 aromatic heterocycles. The molecule has 0 aliphatic rings. The highest BCUT2D eigenvalue weighted by molar-refractivity contribution is 7.17. The number of imidazole rings is 1. The number of hydrogen-bond acceptors (Lipinski definition) is 3. The number of nitriles is 1. The average molecular weight is 239 g/mol. The van der Waals surface area contributed by atoms with Gasteiger partial charge in [-0.05, 0) is 19.1 Å². The third kappa shape index (κ3) is 1.71. The Balaban J connectivity index is 2.07. The molecule has 4 heteroatoms. The second-order valence-corrected chi connectivity index (χ2v) is 5.06. The van der Waals surface area contributed by atoms with Crippen LogP contribution in [-0.4, -0.2) is 9.38 Å². The largest absolute Gasteiger partial charge is 0.297 e. The topological polar surface area (TPSA) is 41.1 Å². The number of hydrogen-bond donors (Lipinski definition) is 0. The van der Waals surface area contributed by atoms with E-state index in [2.05, 4.69) is 24.2 Å². The van der Waals surface area contributed by atoms with Crippen LogP contribution in [0.25, 0.3) is 16.2 Å². The van der Waals surface area contributed by atoms with E-state index < -0.39 is 0 Å². The van der Waals surface area contributed by atoms with Crippen LogP contribution >= 0.6 is 11.3 Å². The molecule has 0 aliphatic heterocycles. The minimum Gasteiger partial charge on any atom is -0.297 e. The molecule has 1 aromatic carbocycles. The molecule has 0 fully saturated rings. The molecule has 0 radical (unpaired) electrons. The van der Waals surface area contributed by atoms with Gasteiger partial charge in [0.05, 0.1) is 17.3 Å². The first-order valence-corrected chi connectivity index (χ1v) is 6.03. The Hall–Kier alpha value is -2.12. The van der Waals surface area contributed by atoms with Gasteiger partial charge in [0, 0.05) is 22.8 Å². The number of fused-ring (bicyclic) bond motifs is 1. The SMILES string of the molecule is Cc1cn2cc(-c3ccc(C#N)cc3)nc2s1. The maximum atomic E-state index is 8.74.